The van der Waals surface area contributed by atoms with Crippen LogP contribution in [-0.4, -0.2) is 4.98 Å². The minimum Gasteiger partial charge on any atom is -0.395 e. The number of pyridine rings is 1. The standard InChI is InChI=1S/C14H12F3N5/c1-7-10(6-18)12(20)22-13(11(7)19)21-9-4-2-3-8(5-9)14(15,16)17/h2-5H,19H2,1H3,(H3,20,21,22). The van der Waals surface area contributed by atoms with Gasteiger partial charge in [0, 0.05) is 5.69 Å². The molecule has 8 heteroatoms. The van der Waals surface area contributed by atoms with E-state index in [1.807, 2.05) is 6.07 Å². The quantitative estimate of drug-likeness (QED) is 0.791. The van der Waals surface area contributed by atoms with Crippen molar-refractivity contribution in [3.8, 4) is 6.07 Å². The van der Waals surface area contributed by atoms with Gasteiger partial charge >= 0.3 is 6.18 Å². The first kappa shape index (κ1) is 15.4. The minimum atomic E-state index is -4.45. The van der Waals surface area contributed by atoms with Gasteiger partial charge in [0.2, 0.25) is 0 Å². The molecule has 1 heterocycles. The largest absolute Gasteiger partial charge is 0.416 e. The maximum absolute atomic E-state index is 12.7. The summed E-state index contributed by atoms with van der Waals surface area (Å²) in [5, 5.41) is 11.7. The Hall–Kier alpha value is -2.95. The number of nitriles is 1. The lowest BCUT2D eigenvalue weighted by Gasteiger charge is -2.14. The van der Waals surface area contributed by atoms with Crippen molar-refractivity contribution in [2.75, 3.05) is 16.8 Å². The third-order valence-corrected chi connectivity index (χ3v) is 3.09. The molecule has 0 saturated heterocycles. The molecule has 0 radical (unpaired) electrons. The monoisotopic (exact) mass is 307 g/mol. The highest BCUT2D eigenvalue weighted by Gasteiger charge is 2.30. The fraction of sp³-hybridized carbons (Fsp3) is 0.143. The molecule has 0 atom stereocenters. The summed E-state index contributed by atoms with van der Waals surface area (Å²) >= 11 is 0. The molecule has 0 amide bonds. The van der Waals surface area contributed by atoms with Crippen LogP contribution in [0.1, 0.15) is 16.7 Å². The SMILES string of the molecule is Cc1c(N)c(Nc2cccc(C(F)(F)F)c2)nc(N)c1C#N. The third-order valence-electron chi connectivity index (χ3n) is 3.09. The fourth-order valence-electron chi connectivity index (χ4n) is 1.89. The van der Waals surface area contributed by atoms with Crippen LogP contribution in [0.15, 0.2) is 24.3 Å². The van der Waals surface area contributed by atoms with E-state index in [1.165, 1.54) is 12.1 Å². The summed E-state index contributed by atoms with van der Waals surface area (Å²) in [7, 11) is 0. The number of anilines is 4. The lowest BCUT2D eigenvalue weighted by atomic mass is 10.1. The van der Waals surface area contributed by atoms with Crippen LogP contribution in [0.3, 0.4) is 0 Å². The molecule has 114 valence electrons. The molecule has 0 bridgehead atoms. The van der Waals surface area contributed by atoms with Gasteiger partial charge in [0.05, 0.1) is 16.8 Å². The summed E-state index contributed by atoms with van der Waals surface area (Å²) in [4.78, 5) is 3.93. The Morgan fingerprint density at radius 1 is 1.27 bits per heavy atom. The van der Waals surface area contributed by atoms with Gasteiger partial charge in [-0.1, -0.05) is 6.07 Å². The number of hydrogen-bond donors (Lipinski definition) is 3. The molecule has 0 aliphatic carbocycles. The van der Waals surface area contributed by atoms with Crippen molar-refractivity contribution in [1.29, 1.82) is 5.26 Å². The normalized spacial score (nSPS) is 11.0. The molecule has 2 aromatic rings. The first-order valence-corrected chi connectivity index (χ1v) is 6.14. The van der Waals surface area contributed by atoms with E-state index in [9.17, 15) is 13.2 Å². The number of nitrogens with one attached hydrogen (secondary N) is 1. The van der Waals surface area contributed by atoms with E-state index >= 15 is 0 Å². The topological polar surface area (TPSA) is 101 Å². The molecule has 0 aliphatic rings. The second-order valence-electron chi connectivity index (χ2n) is 4.57. The van der Waals surface area contributed by atoms with Crippen molar-refractivity contribution in [3.63, 3.8) is 0 Å². The molecule has 1 aromatic heterocycles. The Labute approximate surface area is 124 Å². The second kappa shape index (κ2) is 5.44. The van der Waals surface area contributed by atoms with Gasteiger partial charge in [-0.05, 0) is 30.7 Å². The Bertz CT molecular complexity index is 762. The Morgan fingerprint density at radius 3 is 2.55 bits per heavy atom. The summed E-state index contributed by atoms with van der Waals surface area (Å²) in [6.07, 6.45) is -4.45. The van der Waals surface area contributed by atoms with Crippen LogP contribution >= 0.6 is 0 Å². The van der Waals surface area contributed by atoms with E-state index in [4.69, 9.17) is 16.7 Å². The van der Waals surface area contributed by atoms with Crippen LogP contribution in [0.25, 0.3) is 0 Å². The smallest absolute Gasteiger partial charge is 0.395 e. The van der Waals surface area contributed by atoms with Gasteiger partial charge in [-0.15, -0.1) is 0 Å². The van der Waals surface area contributed by atoms with Gasteiger partial charge in [0.15, 0.2) is 5.82 Å². The van der Waals surface area contributed by atoms with E-state index in [2.05, 4.69) is 10.3 Å². The maximum Gasteiger partial charge on any atom is 0.416 e. The zero-order valence-corrected chi connectivity index (χ0v) is 11.5. The molecule has 2 rings (SSSR count). The molecule has 5 N–H and O–H groups in total. The van der Waals surface area contributed by atoms with Crippen molar-refractivity contribution < 1.29 is 13.2 Å². The second-order valence-corrected chi connectivity index (χ2v) is 4.57. The number of nitrogens with zero attached hydrogens (tertiary/aromatic N) is 2. The molecule has 0 unspecified atom stereocenters. The summed E-state index contributed by atoms with van der Waals surface area (Å²) < 4.78 is 38.1. The van der Waals surface area contributed by atoms with E-state index < -0.39 is 11.7 Å². The van der Waals surface area contributed by atoms with Crippen LogP contribution in [0.4, 0.5) is 36.2 Å². The summed E-state index contributed by atoms with van der Waals surface area (Å²) in [6.45, 7) is 1.59. The van der Waals surface area contributed by atoms with E-state index in [0.717, 1.165) is 12.1 Å². The lowest BCUT2D eigenvalue weighted by molar-refractivity contribution is -0.137. The van der Waals surface area contributed by atoms with Crippen LogP contribution in [0.5, 0.6) is 0 Å². The van der Waals surface area contributed by atoms with Gasteiger partial charge in [0.25, 0.3) is 0 Å². The number of nitrogens with two attached hydrogens (primary N) is 2. The predicted octanol–water partition coefficient (Wildman–Crippen LogP) is 3.19. The first-order valence-electron chi connectivity index (χ1n) is 6.14. The van der Waals surface area contributed by atoms with Crippen LogP contribution in [0.2, 0.25) is 0 Å². The molecule has 5 nitrogen and oxygen atoms in total. The predicted molar refractivity (Wildman–Crippen MR) is 77.2 cm³/mol. The van der Waals surface area contributed by atoms with Gasteiger partial charge in [-0.3, -0.25) is 0 Å². The summed E-state index contributed by atoms with van der Waals surface area (Å²) in [5.74, 6) is 0.0667. The molecular formula is C14H12F3N5. The van der Waals surface area contributed by atoms with Crippen molar-refractivity contribution in [2.24, 2.45) is 0 Å². The summed E-state index contributed by atoms with van der Waals surface area (Å²) in [6, 6.07) is 6.48. The van der Waals surface area contributed by atoms with Crippen LogP contribution in [0, 0.1) is 18.3 Å². The molecule has 0 spiro atoms. The highest BCUT2D eigenvalue weighted by molar-refractivity contribution is 5.77. The average Bonchev–Trinajstić information content (AvgIpc) is 2.44. The Morgan fingerprint density at radius 2 is 1.95 bits per heavy atom. The lowest BCUT2D eigenvalue weighted by Crippen LogP contribution is -2.08. The zero-order valence-electron chi connectivity index (χ0n) is 11.5. The number of halogens is 3. The van der Waals surface area contributed by atoms with E-state index in [1.54, 1.807) is 6.92 Å². The fourth-order valence-corrected chi connectivity index (χ4v) is 1.89. The number of benzene rings is 1. The van der Waals surface area contributed by atoms with Crippen LogP contribution in [-0.2, 0) is 6.18 Å². The zero-order chi connectivity index (χ0) is 16.5. The number of rotatable bonds is 2. The van der Waals surface area contributed by atoms with Crippen molar-refractivity contribution in [3.05, 3.63) is 41.0 Å². The molecule has 0 saturated carbocycles. The van der Waals surface area contributed by atoms with Gasteiger partial charge in [-0.25, -0.2) is 4.98 Å². The third kappa shape index (κ3) is 2.88. The average molecular weight is 307 g/mol. The molecule has 22 heavy (non-hydrogen) atoms. The molecule has 0 aliphatic heterocycles. The van der Waals surface area contributed by atoms with Gasteiger partial charge in [-0.2, -0.15) is 18.4 Å². The van der Waals surface area contributed by atoms with Gasteiger partial charge < -0.3 is 16.8 Å². The summed E-state index contributed by atoms with van der Waals surface area (Å²) in [5.41, 5.74) is 11.6. The van der Waals surface area contributed by atoms with E-state index in [-0.39, 0.29) is 28.6 Å². The van der Waals surface area contributed by atoms with E-state index in [0.29, 0.717) is 5.56 Å². The number of hydrogen-bond acceptors (Lipinski definition) is 5. The molecular weight excluding hydrogens is 295 g/mol. The Balaban J connectivity index is 2.43. The highest BCUT2D eigenvalue weighted by atomic mass is 19.4. The van der Waals surface area contributed by atoms with Crippen molar-refractivity contribution in [2.45, 2.75) is 13.1 Å². The Kier molecular flexibility index (Phi) is 3.82. The van der Waals surface area contributed by atoms with Crippen LogP contribution < -0.4 is 16.8 Å². The number of nitrogen functional groups attached to an aromatic ring is 2. The number of aromatic nitrogens is 1. The van der Waals surface area contributed by atoms with Crippen molar-refractivity contribution >= 4 is 23.0 Å². The molecule has 0 fully saturated rings. The van der Waals surface area contributed by atoms with Crippen molar-refractivity contribution in [1.82, 2.24) is 4.98 Å². The first-order chi connectivity index (χ1) is 10.2. The maximum atomic E-state index is 12.7. The molecule has 1 aromatic carbocycles. The highest BCUT2D eigenvalue weighted by Crippen LogP contribution is 2.33. The minimum absolute atomic E-state index is 0.0383. The van der Waals surface area contributed by atoms with Gasteiger partial charge in [0.1, 0.15) is 11.9 Å². The number of alkyl halides is 3.